The van der Waals surface area contributed by atoms with Crippen LogP contribution in [-0.4, -0.2) is 74.0 Å². The van der Waals surface area contributed by atoms with Crippen LogP contribution in [0, 0.1) is 0 Å². The van der Waals surface area contributed by atoms with E-state index in [4.69, 9.17) is 4.74 Å². The number of imidazole rings is 1. The summed E-state index contributed by atoms with van der Waals surface area (Å²) in [5, 5.41) is 11.9. The molecule has 152 valence electrons. The molecule has 2 fully saturated rings. The second kappa shape index (κ2) is 8.83. The summed E-state index contributed by atoms with van der Waals surface area (Å²) in [6, 6.07) is 0.259. The van der Waals surface area contributed by atoms with Crippen molar-refractivity contribution >= 4 is 5.91 Å². The lowest BCUT2D eigenvalue weighted by Crippen LogP contribution is -2.44. The van der Waals surface area contributed by atoms with Crippen molar-refractivity contribution in [2.45, 2.75) is 44.2 Å². The van der Waals surface area contributed by atoms with Gasteiger partial charge in [0.25, 0.3) is 0 Å². The van der Waals surface area contributed by atoms with Crippen molar-refractivity contribution < 1.29 is 9.53 Å². The van der Waals surface area contributed by atoms with Crippen LogP contribution in [0.1, 0.15) is 43.3 Å². The minimum atomic E-state index is 0.162. The average Bonchev–Trinajstić information content (AvgIpc) is 3.30. The molecule has 0 bridgehead atoms. The molecule has 9 nitrogen and oxygen atoms in total. The van der Waals surface area contributed by atoms with Gasteiger partial charge in [-0.15, -0.1) is 10.2 Å². The number of hydrogen-bond donors (Lipinski definition) is 1. The minimum Gasteiger partial charge on any atom is -0.379 e. The van der Waals surface area contributed by atoms with E-state index in [0.29, 0.717) is 18.9 Å². The van der Waals surface area contributed by atoms with Crippen LogP contribution in [0.4, 0.5) is 0 Å². The highest BCUT2D eigenvalue weighted by molar-refractivity contribution is 5.76. The van der Waals surface area contributed by atoms with Crippen LogP contribution in [0.15, 0.2) is 18.7 Å². The third kappa shape index (κ3) is 4.59. The predicted molar refractivity (Wildman–Crippen MR) is 103 cm³/mol. The van der Waals surface area contributed by atoms with Crippen LogP contribution in [0.2, 0.25) is 0 Å². The van der Waals surface area contributed by atoms with E-state index in [0.717, 1.165) is 63.8 Å². The fraction of sp³-hybridized carbons (Fsp3) is 0.684. The number of carbonyl (C=O) groups is 1. The van der Waals surface area contributed by atoms with Gasteiger partial charge in [0.15, 0.2) is 5.82 Å². The van der Waals surface area contributed by atoms with Gasteiger partial charge in [-0.25, -0.2) is 4.98 Å². The van der Waals surface area contributed by atoms with E-state index in [2.05, 4.69) is 30.0 Å². The number of nitrogens with one attached hydrogen (secondary N) is 1. The molecule has 0 spiro atoms. The molecule has 1 N–H and O–H groups in total. The number of hydrogen-bond acceptors (Lipinski definition) is 6. The smallest absolute Gasteiger partial charge is 0.220 e. The van der Waals surface area contributed by atoms with E-state index in [-0.39, 0.29) is 11.9 Å². The number of carbonyl (C=O) groups excluding carboxylic acids is 1. The summed E-state index contributed by atoms with van der Waals surface area (Å²) in [7, 11) is 2.01. The van der Waals surface area contributed by atoms with Gasteiger partial charge in [-0.05, 0) is 25.8 Å². The Balaban J connectivity index is 1.17. The quantitative estimate of drug-likeness (QED) is 0.711. The summed E-state index contributed by atoms with van der Waals surface area (Å²) in [4.78, 5) is 18.6. The van der Waals surface area contributed by atoms with E-state index >= 15 is 0 Å². The lowest BCUT2D eigenvalue weighted by molar-refractivity contribution is -0.122. The van der Waals surface area contributed by atoms with E-state index in [1.165, 1.54) is 0 Å². The summed E-state index contributed by atoms with van der Waals surface area (Å²) in [5.74, 6) is 2.46. The van der Waals surface area contributed by atoms with Gasteiger partial charge < -0.3 is 19.2 Å². The fourth-order valence-electron chi connectivity index (χ4n) is 3.95. The molecule has 0 atom stereocenters. The van der Waals surface area contributed by atoms with Crippen LogP contribution in [-0.2, 0) is 23.1 Å². The maximum atomic E-state index is 12.2. The van der Waals surface area contributed by atoms with E-state index in [1.807, 2.05) is 17.8 Å². The van der Waals surface area contributed by atoms with Gasteiger partial charge in [0.2, 0.25) is 5.91 Å². The largest absolute Gasteiger partial charge is 0.379 e. The summed E-state index contributed by atoms with van der Waals surface area (Å²) in [6.07, 6.45) is 8.83. The molecule has 4 rings (SSSR count). The lowest BCUT2D eigenvalue weighted by Gasteiger charge is -2.35. The van der Waals surface area contributed by atoms with Gasteiger partial charge in [-0.1, -0.05) is 0 Å². The fourth-order valence-corrected chi connectivity index (χ4v) is 3.95. The number of nitrogens with zero attached hydrogens (tertiary/aromatic N) is 6. The van der Waals surface area contributed by atoms with Gasteiger partial charge in [-0.3, -0.25) is 9.69 Å². The van der Waals surface area contributed by atoms with E-state index in [9.17, 15) is 4.79 Å². The van der Waals surface area contributed by atoms with Crippen molar-refractivity contribution in [2.24, 2.45) is 7.05 Å². The average molecular weight is 387 g/mol. The minimum absolute atomic E-state index is 0.162. The first kappa shape index (κ1) is 19.1. The number of aromatic nitrogens is 5. The monoisotopic (exact) mass is 387 g/mol. The number of morpholine rings is 1. The Morgan fingerprint density at radius 1 is 1.29 bits per heavy atom. The third-order valence-electron chi connectivity index (χ3n) is 5.73. The van der Waals surface area contributed by atoms with Gasteiger partial charge in [0, 0.05) is 50.9 Å². The molecule has 1 saturated carbocycles. The number of rotatable bonds is 8. The Hall–Kier alpha value is -2.26. The molecular weight excluding hydrogens is 358 g/mol. The lowest BCUT2D eigenvalue weighted by atomic mass is 9.79. The third-order valence-corrected chi connectivity index (χ3v) is 5.73. The molecule has 0 unspecified atom stereocenters. The Bertz CT molecular complexity index is 761. The number of amides is 1. The van der Waals surface area contributed by atoms with Gasteiger partial charge in [0.05, 0.1) is 26.1 Å². The zero-order valence-corrected chi connectivity index (χ0v) is 16.5. The highest BCUT2D eigenvalue weighted by Crippen LogP contribution is 2.36. The van der Waals surface area contributed by atoms with E-state index in [1.54, 1.807) is 12.5 Å². The topological polar surface area (TPSA) is 90.1 Å². The zero-order valence-electron chi connectivity index (χ0n) is 16.5. The molecular formula is C19H29N7O2. The molecule has 2 aliphatic rings. The van der Waals surface area contributed by atoms with Gasteiger partial charge >= 0.3 is 0 Å². The summed E-state index contributed by atoms with van der Waals surface area (Å²) in [5.41, 5.74) is 0. The Labute approximate surface area is 165 Å². The normalized spacial score (nSPS) is 22.8. The maximum absolute atomic E-state index is 12.2. The molecule has 1 aliphatic heterocycles. The molecule has 1 amide bonds. The predicted octanol–water partition coefficient (Wildman–Crippen LogP) is 0.535. The SMILES string of the molecule is Cn1c(Cn2ccnc2)nnc1C1CC(NC(=O)CCCN2CCOCC2)C1. The molecule has 1 saturated heterocycles. The molecule has 28 heavy (non-hydrogen) atoms. The Morgan fingerprint density at radius 2 is 2.11 bits per heavy atom. The Morgan fingerprint density at radius 3 is 2.86 bits per heavy atom. The molecule has 9 heteroatoms. The van der Waals surface area contributed by atoms with Crippen molar-refractivity contribution in [1.29, 1.82) is 0 Å². The van der Waals surface area contributed by atoms with Crippen LogP contribution >= 0.6 is 0 Å². The van der Waals surface area contributed by atoms with Crippen molar-refractivity contribution in [3.8, 4) is 0 Å². The molecule has 0 aromatic carbocycles. The van der Waals surface area contributed by atoms with Crippen LogP contribution in [0.3, 0.4) is 0 Å². The van der Waals surface area contributed by atoms with Crippen LogP contribution in [0.5, 0.6) is 0 Å². The molecule has 2 aromatic heterocycles. The summed E-state index contributed by atoms with van der Waals surface area (Å²) < 4.78 is 9.40. The second-order valence-electron chi connectivity index (χ2n) is 7.76. The van der Waals surface area contributed by atoms with Crippen LogP contribution in [0.25, 0.3) is 0 Å². The van der Waals surface area contributed by atoms with E-state index < -0.39 is 0 Å². The molecule has 2 aromatic rings. The first-order valence-corrected chi connectivity index (χ1v) is 10.1. The standard InChI is InChI=1S/C19H29N7O2/c1-24-17(13-26-6-4-20-14-26)22-23-19(24)15-11-16(12-15)21-18(27)3-2-5-25-7-9-28-10-8-25/h4,6,14-16H,2-3,5,7-13H2,1H3,(H,21,27). The first-order valence-electron chi connectivity index (χ1n) is 10.1. The van der Waals surface area contributed by atoms with Crippen molar-refractivity contribution in [1.82, 2.24) is 34.5 Å². The van der Waals surface area contributed by atoms with Crippen molar-refractivity contribution in [3.63, 3.8) is 0 Å². The van der Waals surface area contributed by atoms with Gasteiger partial charge in [0.1, 0.15) is 5.82 Å². The summed E-state index contributed by atoms with van der Waals surface area (Å²) in [6.45, 7) is 5.21. The second-order valence-corrected chi connectivity index (χ2v) is 7.76. The van der Waals surface area contributed by atoms with Crippen molar-refractivity contribution in [2.75, 3.05) is 32.8 Å². The first-order chi connectivity index (χ1) is 13.7. The zero-order chi connectivity index (χ0) is 19.3. The Kier molecular flexibility index (Phi) is 6.01. The van der Waals surface area contributed by atoms with Crippen molar-refractivity contribution in [3.05, 3.63) is 30.4 Å². The van der Waals surface area contributed by atoms with Gasteiger partial charge in [-0.2, -0.15) is 0 Å². The molecule has 1 aliphatic carbocycles. The molecule has 3 heterocycles. The van der Waals surface area contributed by atoms with Crippen LogP contribution < -0.4 is 5.32 Å². The maximum Gasteiger partial charge on any atom is 0.220 e. The highest BCUT2D eigenvalue weighted by atomic mass is 16.5. The number of ether oxygens (including phenoxy) is 1. The molecule has 0 radical (unpaired) electrons. The summed E-state index contributed by atoms with van der Waals surface area (Å²) >= 11 is 0. The highest BCUT2D eigenvalue weighted by Gasteiger charge is 2.34.